The van der Waals surface area contributed by atoms with E-state index in [2.05, 4.69) is 11.4 Å². The number of nitrogens with zero attached hydrogens (tertiary/aromatic N) is 1. The summed E-state index contributed by atoms with van der Waals surface area (Å²) >= 11 is 5.91. The van der Waals surface area contributed by atoms with Crippen molar-refractivity contribution in [3.05, 3.63) is 87.4 Å². The van der Waals surface area contributed by atoms with Gasteiger partial charge in [0.15, 0.2) is 0 Å². The normalized spacial score (nSPS) is 14.1. The van der Waals surface area contributed by atoms with E-state index in [9.17, 15) is 14.9 Å². The highest BCUT2D eigenvalue weighted by molar-refractivity contribution is 6.30. The average molecular weight is 519 g/mol. The maximum atomic E-state index is 12.6. The fourth-order valence-corrected chi connectivity index (χ4v) is 4.30. The molecule has 0 aliphatic carbocycles. The number of aryl methyl sites for hydroxylation is 1. The van der Waals surface area contributed by atoms with Crippen molar-refractivity contribution in [2.45, 2.75) is 32.6 Å². The second-order valence-corrected chi connectivity index (χ2v) is 9.09. The number of fused-ring (bicyclic) bond motifs is 1. The first-order valence-corrected chi connectivity index (χ1v) is 12.5. The van der Waals surface area contributed by atoms with Crippen molar-refractivity contribution in [1.82, 2.24) is 5.32 Å². The molecule has 0 aromatic heterocycles. The van der Waals surface area contributed by atoms with Crippen LogP contribution in [0.5, 0.6) is 17.2 Å². The minimum absolute atomic E-state index is 0.187. The van der Waals surface area contributed by atoms with Crippen LogP contribution in [0.2, 0.25) is 5.02 Å². The van der Waals surface area contributed by atoms with Crippen LogP contribution in [0.1, 0.15) is 51.9 Å². The number of hydrogen-bond acceptors (Lipinski definition) is 6. The number of nitriles is 1. The molecule has 1 heterocycles. The molecule has 37 heavy (non-hydrogen) atoms. The smallest absolute Gasteiger partial charge is 0.313 e. The third-order valence-electron chi connectivity index (χ3n) is 6.11. The third kappa shape index (κ3) is 6.22. The number of esters is 1. The van der Waals surface area contributed by atoms with E-state index in [1.54, 1.807) is 37.3 Å². The standard InChI is InChI=1S/C29H27ClN2O5/c1-3-35-29(34)23-11-13-36-27-16-26(21(17-31)15-24(23)27)37-25-9-6-20(14-18(25)2)28(33)32-12-10-19-4-7-22(30)8-5-19/h4-9,14-16,23H,3,10-13H2,1-2H3,(H,32,33). The number of carbonyl (C=O) groups is 2. The van der Waals surface area contributed by atoms with Crippen molar-refractivity contribution in [1.29, 1.82) is 5.26 Å². The van der Waals surface area contributed by atoms with E-state index in [0.717, 1.165) is 11.1 Å². The summed E-state index contributed by atoms with van der Waals surface area (Å²) < 4.78 is 17.0. The van der Waals surface area contributed by atoms with E-state index in [-0.39, 0.29) is 24.0 Å². The molecule has 190 valence electrons. The Balaban J connectivity index is 1.46. The fourth-order valence-electron chi connectivity index (χ4n) is 4.17. The maximum absolute atomic E-state index is 12.6. The van der Waals surface area contributed by atoms with Crippen LogP contribution < -0.4 is 14.8 Å². The fraction of sp³-hybridized carbons (Fsp3) is 0.276. The number of benzene rings is 3. The summed E-state index contributed by atoms with van der Waals surface area (Å²) in [5.74, 6) is 0.314. The molecule has 0 saturated heterocycles. The Morgan fingerprint density at radius 3 is 2.62 bits per heavy atom. The highest BCUT2D eigenvalue weighted by atomic mass is 35.5. The highest BCUT2D eigenvalue weighted by Gasteiger charge is 2.30. The van der Waals surface area contributed by atoms with Gasteiger partial charge in [0.05, 0.1) is 24.7 Å². The first-order chi connectivity index (χ1) is 17.9. The molecule has 3 aromatic carbocycles. The van der Waals surface area contributed by atoms with Crippen LogP contribution >= 0.6 is 11.6 Å². The minimum atomic E-state index is -0.482. The molecule has 1 unspecified atom stereocenters. The Morgan fingerprint density at radius 2 is 1.92 bits per heavy atom. The zero-order chi connectivity index (χ0) is 26.4. The Labute approximate surface area is 220 Å². The van der Waals surface area contributed by atoms with Gasteiger partial charge in [-0.1, -0.05) is 23.7 Å². The van der Waals surface area contributed by atoms with Gasteiger partial charge in [0.25, 0.3) is 5.91 Å². The predicted octanol–water partition coefficient (Wildman–Crippen LogP) is 5.71. The summed E-state index contributed by atoms with van der Waals surface area (Å²) in [6.45, 7) is 4.73. The van der Waals surface area contributed by atoms with Crippen molar-refractivity contribution < 1.29 is 23.8 Å². The van der Waals surface area contributed by atoms with Crippen LogP contribution in [0, 0.1) is 18.3 Å². The lowest BCUT2D eigenvalue weighted by molar-refractivity contribution is -0.145. The summed E-state index contributed by atoms with van der Waals surface area (Å²) in [5.41, 5.74) is 3.23. The van der Waals surface area contributed by atoms with Gasteiger partial charge in [-0.2, -0.15) is 5.26 Å². The number of nitrogens with one attached hydrogen (secondary N) is 1. The quantitative estimate of drug-likeness (QED) is 0.383. The van der Waals surface area contributed by atoms with Crippen molar-refractivity contribution in [2.24, 2.45) is 0 Å². The van der Waals surface area contributed by atoms with Gasteiger partial charge in [-0.05, 0) is 74.2 Å². The summed E-state index contributed by atoms with van der Waals surface area (Å²) in [4.78, 5) is 25.0. The molecule has 8 heteroatoms. The van der Waals surface area contributed by atoms with Crippen LogP contribution in [0.4, 0.5) is 0 Å². The van der Waals surface area contributed by atoms with Crippen LogP contribution in [0.15, 0.2) is 54.6 Å². The lowest BCUT2D eigenvalue weighted by Crippen LogP contribution is -2.25. The molecule has 1 amide bonds. The minimum Gasteiger partial charge on any atom is -0.493 e. The van der Waals surface area contributed by atoms with Gasteiger partial charge in [0, 0.05) is 28.8 Å². The Morgan fingerprint density at radius 1 is 1.14 bits per heavy atom. The van der Waals surface area contributed by atoms with E-state index >= 15 is 0 Å². The second kappa shape index (κ2) is 11.8. The molecular weight excluding hydrogens is 492 g/mol. The molecule has 0 radical (unpaired) electrons. The molecular formula is C29H27ClN2O5. The SMILES string of the molecule is CCOC(=O)C1CCOc2cc(Oc3ccc(C(=O)NCCc4ccc(Cl)cc4)cc3C)c(C#N)cc21. The topological polar surface area (TPSA) is 97.7 Å². The highest BCUT2D eigenvalue weighted by Crippen LogP contribution is 2.40. The zero-order valence-corrected chi connectivity index (χ0v) is 21.4. The molecule has 0 bridgehead atoms. The van der Waals surface area contributed by atoms with Crippen molar-refractivity contribution in [3.8, 4) is 23.3 Å². The lowest BCUT2D eigenvalue weighted by atomic mass is 9.91. The predicted molar refractivity (Wildman–Crippen MR) is 139 cm³/mol. The number of rotatable bonds is 8. The molecule has 1 N–H and O–H groups in total. The van der Waals surface area contributed by atoms with Crippen molar-refractivity contribution in [2.75, 3.05) is 19.8 Å². The van der Waals surface area contributed by atoms with E-state index in [0.29, 0.717) is 59.4 Å². The Hall–Kier alpha value is -4.02. The maximum Gasteiger partial charge on any atom is 0.313 e. The molecule has 1 atom stereocenters. The van der Waals surface area contributed by atoms with E-state index in [1.165, 1.54) is 0 Å². The first-order valence-electron chi connectivity index (χ1n) is 12.1. The number of ether oxygens (including phenoxy) is 3. The van der Waals surface area contributed by atoms with Crippen LogP contribution in [-0.2, 0) is 16.0 Å². The summed E-state index contributed by atoms with van der Waals surface area (Å²) in [6, 6.07) is 18.0. The van der Waals surface area contributed by atoms with Crippen LogP contribution in [-0.4, -0.2) is 31.6 Å². The van der Waals surface area contributed by atoms with E-state index < -0.39 is 5.92 Å². The molecule has 0 spiro atoms. The van der Waals surface area contributed by atoms with Crippen LogP contribution in [0.3, 0.4) is 0 Å². The van der Waals surface area contributed by atoms with Crippen LogP contribution in [0.25, 0.3) is 0 Å². The molecule has 0 fully saturated rings. The molecule has 4 rings (SSSR count). The largest absolute Gasteiger partial charge is 0.493 e. The number of hydrogen-bond donors (Lipinski definition) is 1. The Kier molecular flexibility index (Phi) is 8.32. The van der Waals surface area contributed by atoms with Gasteiger partial charge in [0.1, 0.15) is 23.3 Å². The summed E-state index contributed by atoms with van der Waals surface area (Å²) in [7, 11) is 0. The van der Waals surface area contributed by atoms with Gasteiger partial charge in [-0.3, -0.25) is 9.59 Å². The zero-order valence-electron chi connectivity index (χ0n) is 20.7. The van der Waals surface area contributed by atoms with Gasteiger partial charge < -0.3 is 19.5 Å². The van der Waals surface area contributed by atoms with E-state index in [1.807, 2.05) is 31.2 Å². The number of amides is 1. The monoisotopic (exact) mass is 518 g/mol. The second-order valence-electron chi connectivity index (χ2n) is 8.65. The molecule has 7 nitrogen and oxygen atoms in total. The summed E-state index contributed by atoms with van der Waals surface area (Å²) in [5, 5.41) is 13.3. The molecule has 0 saturated carbocycles. The summed E-state index contributed by atoms with van der Waals surface area (Å²) in [6.07, 6.45) is 1.18. The van der Waals surface area contributed by atoms with Gasteiger partial charge >= 0.3 is 5.97 Å². The van der Waals surface area contributed by atoms with Crippen molar-refractivity contribution >= 4 is 23.5 Å². The molecule has 1 aliphatic heterocycles. The number of carbonyl (C=O) groups excluding carboxylic acids is 2. The molecule has 1 aliphatic rings. The van der Waals surface area contributed by atoms with Gasteiger partial charge in [0.2, 0.25) is 0 Å². The number of halogens is 1. The first kappa shape index (κ1) is 26.1. The molecule has 3 aromatic rings. The van der Waals surface area contributed by atoms with Gasteiger partial charge in [-0.25, -0.2) is 0 Å². The van der Waals surface area contributed by atoms with E-state index in [4.69, 9.17) is 25.8 Å². The third-order valence-corrected chi connectivity index (χ3v) is 6.36. The Bertz CT molecular complexity index is 1350. The van der Waals surface area contributed by atoms with Crippen molar-refractivity contribution in [3.63, 3.8) is 0 Å². The van der Waals surface area contributed by atoms with Gasteiger partial charge in [-0.15, -0.1) is 0 Å². The average Bonchev–Trinajstić information content (AvgIpc) is 2.90. The lowest BCUT2D eigenvalue weighted by Gasteiger charge is -2.25.